The molecule has 2 atom stereocenters. The number of hydrogen-bond donors (Lipinski definition) is 4. The van der Waals surface area contributed by atoms with Gasteiger partial charge in [0, 0.05) is 36.8 Å². The highest BCUT2D eigenvalue weighted by Gasteiger charge is 2.38. The number of carbonyl (C=O) groups is 2. The molecule has 4 N–H and O–H groups in total. The van der Waals surface area contributed by atoms with Gasteiger partial charge in [-0.25, -0.2) is 14.0 Å². The Bertz CT molecular complexity index is 1150. The van der Waals surface area contributed by atoms with Gasteiger partial charge in [0.25, 0.3) is 0 Å². The number of rotatable bonds is 8. The molecule has 0 radical (unpaired) electrons. The molecule has 2 heterocycles. The first-order valence-corrected chi connectivity index (χ1v) is 12.8. The number of carboxylic acids is 2. The van der Waals surface area contributed by atoms with Crippen LogP contribution in [0, 0.1) is 5.82 Å². The number of nitrogens with zero attached hydrogens (tertiary/aromatic N) is 2. The van der Waals surface area contributed by atoms with Gasteiger partial charge in [0.05, 0.1) is 17.8 Å². The molecule has 0 aromatic heterocycles. The van der Waals surface area contributed by atoms with Gasteiger partial charge in [0.15, 0.2) is 6.61 Å². The van der Waals surface area contributed by atoms with Crippen molar-refractivity contribution >= 4 is 29.2 Å². The van der Waals surface area contributed by atoms with Crippen LogP contribution in [0.2, 0.25) is 5.02 Å². The molecule has 2 aliphatic rings. The van der Waals surface area contributed by atoms with E-state index < -0.39 is 36.6 Å². The summed E-state index contributed by atoms with van der Waals surface area (Å²) in [5, 5.41) is 31.0. The van der Waals surface area contributed by atoms with E-state index in [0.717, 1.165) is 37.5 Å². The first-order chi connectivity index (χ1) is 18.8. The van der Waals surface area contributed by atoms with Gasteiger partial charge < -0.3 is 30.3 Å². The number of aliphatic carboxylic acids is 2. The van der Waals surface area contributed by atoms with E-state index in [9.17, 15) is 27.5 Å². The molecule has 14 heteroatoms. The fraction of sp³-hybridized carbons (Fsp3) is 0.462. The van der Waals surface area contributed by atoms with Crippen LogP contribution >= 0.6 is 11.6 Å². The van der Waals surface area contributed by atoms with E-state index in [0.29, 0.717) is 30.6 Å². The Labute approximate surface area is 232 Å². The number of aliphatic hydroxyl groups excluding tert-OH is 1. The maximum atomic E-state index is 13.9. The minimum absolute atomic E-state index is 0.159. The molecule has 0 aliphatic carbocycles. The highest BCUT2D eigenvalue weighted by atomic mass is 35.5. The number of β-amino-alcohol motifs (C(OH)–C–C–N with tert-alkyl or cyclic N) is 1. The monoisotopic (exact) mass is 591 g/mol. The summed E-state index contributed by atoms with van der Waals surface area (Å²) in [4.78, 5) is 24.0. The normalized spacial score (nSPS) is 20.1. The van der Waals surface area contributed by atoms with Gasteiger partial charge in [0.1, 0.15) is 11.6 Å². The molecule has 40 heavy (non-hydrogen) atoms. The molecule has 0 spiro atoms. The van der Waals surface area contributed by atoms with Crippen LogP contribution in [0.4, 0.5) is 23.2 Å². The van der Waals surface area contributed by atoms with Crippen LogP contribution in [0.25, 0.3) is 0 Å². The van der Waals surface area contributed by atoms with E-state index in [1.54, 1.807) is 0 Å². The fourth-order valence-electron chi connectivity index (χ4n) is 4.55. The van der Waals surface area contributed by atoms with E-state index in [1.807, 2.05) is 17.0 Å². The van der Waals surface area contributed by atoms with Crippen molar-refractivity contribution in [2.45, 2.75) is 43.8 Å². The molecule has 2 aromatic carbocycles. The number of halogens is 5. The quantitative estimate of drug-likeness (QED) is 0.342. The second kappa shape index (κ2) is 14.0. The van der Waals surface area contributed by atoms with Crippen molar-refractivity contribution in [2.75, 3.05) is 37.7 Å². The van der Waals surface area contributed by atoms with Crippen molar-refractivity contribution in [3.63, 3.8) is 0 Å². The van der Waals surface area contributed by atoms with Gasteiger partial charge in [-0.1, -0.05) is 23.7 Å². The number of ether oxygens (including phenoxy) is 1. The second-order valence-electron chi connectivity index (χ2n) is 9.52. The smallest absolute Gasteiger partial charge is 0.480 e. The number of alkyl halides is 3. The summed E-state index contributed by atoms with van der Waals surface area (Å²) >= 11 is 5.97. The number of carboxylic acid groups (broad SMARTS) is 2. The van der Waals surface area contributed by atoms with Gasteiger partial charge >= 0.3 is 18.1 Å². The number of aliphatic hydroxyl groups is 1. The predicted octanol–water partition coefficient (Wildman–Crippen LogP) is 3.38. The number of nitrogens with one attached hydrogen (secondary N) is 1. The van der Waals surface area contributed by atoms with Crippen molar-refractivity contribution in [1.82, 2.24) is 10.2 Å². The minimum Gasteiger partial charge on any atom is -0.480 e. The van der Waals surface area contributed by atoms with Crippen molar-refractivity contribution in [3.05, 3.63) is 58.9 Å². The number of likely N-dealkylation sites (tertiary alicyclic amines) is 1. The second-order valence-corrected chi connectivity index (χ2v) is 9.96. The largest absolute Gasteiger partial charge is 0.490 e. The number of anilines is 1. The average Bonchev–Trinajstić information content (AvgIpc) is 3.25. The van der Waals surface area contributed by atoms with E-state index in [4.69, 9.17) is 31.3 Å². The lowest BCUT2D eigenvalue weighted by Crippen LogP contribution is -2.49. The van der Waals surface area contributed by atoms with Gasteiger partial charge in [0.2, 0.25) is 0 Å². The van der Waals surface area contributed by atoms with Crippen molar-refractivity contribution in [3.8, 4) is 5.75 Å². The minimum atomic E-state index is -5.08. The maximum Gasteiger partial charge on any atom is 0.490 e. The Balaban J connectivity index is 0.000000559. The molecular formula is C26H30ClF4N3O6. The van der Waals surface area contributed by atoms with Crippen LogP contribution in [-0.2, 0) is 16.1 Å². The van der Waals surface area contributed by atoms with E-state index in [-0.39, 0.29) is 6.04 Å². The van der Waals surface area contributed by atoms with Crippen molar-refractivity contribution < 1.29 is 47.2 Å². The van der Waals surface area contributed by atoms with Gasteiger partial charge in [-0.15, -0.1) is 0 Å². The summed E-state index contributed by atoms with van der Waals surface area (Å²) in [5.74, 6) is -4.00. The summed E-state index contributed by atoms with van der Waals surface area (Å²) < 4.78 is 51.0. The van der Waals surface area contributed by atoms with Gasteiger partial charge in [-0.3, -0.25) is 4.90 Å². The molecule has 2 saturated heterocycles. The van der Waals surface area contributed by atoms with Crippen LogP contribution in [0.15, 0.2) is 42.5 Å². The van der Waals surface area contributed by atoms with Gasteiger partial charge in [-0.05, 0) is 55.8 Å². The zero-order chi connectivity index (χ0) is 29.4. The van der Waals surface area contributed by atoms with Crippen LogP contribution in [0.1, 0.15) is 18.4 Å². The topological polar surface area (TPSA) is 123 Å². The Morgan fingerprint density at radius 3 is 2.25 bits per heavy atom. The van der Waals surface area contributed by atoms with Crippen LogP contribution in [0.3, 0.4) is 0 Å². The third kappa shape index (κ3) is 9.51. The number of hydrogen-bond acceptors (Lipinski definition) is 7. The summed E-state index contributed by atoms with van der Waals surface area (Å²) in [7, 11) is 0. The molecule has 2 aliphatic heterocycles. The molecular weight excluding hydrogens is 562 g/mol. The molecule has 2 aromatic rings. The lowest BCUT2D eigenvalue weighted by molar-refractivity contribution is -0.192. The van der Waals surface area contributed by atoms with Gasteiger partial charge in [-0.2, -0.15) is 13.2 Å². The summed E-state index contributed by atoms with van der Waals surface area (Å²) in [6.07, 6.45) is -3.75. The van der Waals surface area contributed by atoms with E-state index in [1.165, 1.54) is 23.8 Å². The van der Waals surface area contributed by atoms with Crippen LogP contribution in [0.5, 0.6) is 5.75 Å². The summed E-state index contributed by atoms with van der Waals surface area (Å²) in [6.45, 7) is 3.11. The molecule has 1 unspecified atom stereocenters. The van der Waals surface area contributed by atoms with Crippen molar-refractivity contribution in [1.29, 1.82) is 0 Å². The zero-order valence-electron chi connectivity index (χ0n) is 21.3. The zero-order valence-corrected chi connectivity index (χ0v) is 22.0. The molecule has 9 nitrogen and oxygen atoms in total. The average molecular weight is 592 g/mol. The predicted molar refractivity (Wildman–Crippen MR) is 138 cm³/mol. The van der Waals surface area contributed by atoms with E-state index in [2.05, 4.69) is 22.3 Å². The first kappa shape index (κ1) is 31.4. The lowest BCUT2D eigenvalue weighted by Gasteiger charge is -2.34. The molecule has 0 bridgehead atoms. The Morgan fingerprint density at radius 1 is 1.05 bits per heavy atom. The van der Waals surface area contributed by atoms with Crippen LogP contribution in [-0.4, -0.2) is 89.3 Å². The van der Waals surface area contributed by atoms with Crippen molar-refractivity contribution in [2.24, 2.45) is 0 Å². The highest BCUT2D eigenvalue weighted by Crippen LogP contribution is 2.32. The number of piperidine rings is 1. The molecule has 0 saturated carbocycles. The Morgan fingerprint density at radius 2 is 1.68 bits per heavy atom. The standard InChI is InChI=1S/C24H29ClFN3O4.C2HF3O2/c25-17-3-1-16(2-4-17)12-28-9-7-19(8-10-28)27-20-13-29(14-22(20)30)21-11-18(26)5-6-23(21)33-15-24(31)32;3-2(4,5)1(6)7/h1-6,11,19-20,22,27,30H,7-10,12-15H2,(H,31,32);(H,6,7)/t20?,22-;/m1./s1. The number of benzene rings is 2. The SMILES string of the molecule is O=C(O)C(F)(F)F.O=C(O)COc1ccc(F)cc1N1CC(NC2CCN(Cc3ccc(Cl)cc3)CC2)[C@H](O)C1. The molecule has 4 rings (SSSR count). The van der Waals surface area contributed by atoms with E-state index >= 15 is 0 Å². The summed E-state index contributed by atoms with van der Waals surface area (Å²) in [6, 6.07) is 12.0. The highest BCUT2D eigenvalue weighted by molar-refractivity contribution is 6.30. The lowest BCUT2D eigenvalue weighted by atomic mass is 10.0. The van der Waals surface area contributed by atoms with Crippen LogP contribution < -0.4 is 15.0 Å². The third-order valence-corrected chi connectivity index (χ3v) is 6.75. The Kier molecular flexibility index (Phi) is 11.0. The summed E-state index contributed by atoms with van der Waals surface area (Å²) in [5.41, 5.74) is 1.70. The Hall–Kier alpha value is -3.13. The fourth-order valence-corrected chi connectivity index (χ4v) is 4.68. The molecule has 2 fully saturated rings. The molecule has 220 valence electrons. The first-order valence-electron chi connectivity index (χ1n) is 12.4. The molecule has 0 amide bonds. The third-order valence-electron chi connectivity index (χ3n) is 6.50. The maximum absolute atomic E-state index is 13.9.